The first-order valence-electron chi connectivity index (χ1n) is 10.9. The average molecular weight is 428 g/mol. The predicted molar refractivity (Wildman–Crippen MR) is 130 cm³/mol. The van der Waals surface area contributed by atoms with Crippen molar-refractivity contribution in [1.29, 1.82) is 0 Å². The number of likely N-dealkylation sites (N-methyl/N-ethyl adjacent to an activating group) is 1. The minimum absolute atomic E-state index is 0.0255. The first-order valence-corrected chi connectivity index (χ1v) is 10.9. The third-order valence-corrected chi connectivity index (χ3v) is 5.94. The number of nitrogens with zero attached hydrogens (tertiary/aromatic N) is 1. The third kappa shape index (κ3) is 4.32. The lowest BCUT2D eigenvalue weighted by molar-refractivity contribution is 0.104. The van der Waals surface area contributed by atoms with Gasteiger partial charge in [-0.2, -0.15) is 0 Å². The zero-order chi connectivity index (χ0) is 22.8. The van der Waals surface area contributed by atoms with Crippen LogP contribution in [0.2, 0.25) is 0 Å². The molecule has 1 aromatic heterocycles. The van der Waals surface area contributed by atoms with E-state index in [1.54, 1.807) is 0 Å². The van der Waals surface area contributed by atoms with Crippen LogP contribution in [0, 0.1) is 20.8 Å². The molecule has 4 rings (SSSR count). The highest BCUT2D eigenvalue weighted by Gasteiger charge is 2.23. The maximum absolute atomic E-state index is 13.7. The maximum atomic E-state index is 13.7. The van der Waals surface area contributed by atoms with E-state index in [1.165, 1.54) is 5.56 Å². The fraction of sp³-hybridized carbons (Fsp3) is 0.250. The van der Waals surface area contributed by atoms with Crippen LogP contribution in [0.25, 0.3) is 22.3 Å². The molecule has 0 unspecified atom stereocenters. The first kappa shape index (κ1) is 21.8. The molecule has 32 heavy (non-hydrogen) atoms. The molecule has 0 aliphatic rings. The number of fused-ring (bicyclic) bond motifs is 1. The van der Waals surface area contributed by atoms with Crippen LogP contribution in [0.5, 0.6) is 5.75 Å². The predicted octanol–water partition coefficient (Wildman–Crippen LogP) is 6.20. The van der Waals surface area contributed by atoms with Crippen LogP contribution in [0.15, 0.2) is 65.1 Å². The van der Waals surface area contributed by atoms with E-state index in [-0.39, 0.29) is 5.78 Å². The fourth-order valence-electron chi connectivity index (χ4n) is 3.83. The lowest BCUT2D eigenvalue weighted by Crippen LogP contribution is -2.19. The van der Waals surface area contributed by atoms with E-state index in [4.69, 9.17) is 9.15 Å². The van der Waals surface area contributed by atoms with Crippen molar-refractivity contribution >= 4 is 16.8 Å². The number of aryl methyl sites for hydroxylation is 2. The van der Waals surface area contributed by atoms with Crippen LogP contribution in [0.4, 0.5) is 0 Å². The number of hydrogen-bond donors (Lipinski definition) is 0. The summed E-state index contributed by atoms with van der Waals surface area (Å²) in [5, 5.41) is 0.828. The minimum atomic E-state index is -0.0255. The van der Waals surface area contributed by atoms with Gasteiger partial charge in [-0.25, -0.2) is 0 Å². The molecule has 0 atom stereocenters. The van der Waals surface area contributed by atoms with E-state index in [0.717, 1.165) is 34.4 Å². The lowest BCUT2D eigenvalue weighted by Gasteiger charge is -2.11. The number of carbonyl (C=O) groups excluding carboxylic acids is 1. The molecule has 0 radical (unpaired) electrons. The Morgan fingerprint density at radius 2 is 1.59 bits per heavy atom. The Labute approximate surface area is 189 Å². The van der Waals surface area contributed by atoms with Gasteiger partial charge in [0, 0.05) is 23.1 Å². The van der Waals surface area contributed by atoms with Gasteiger partial charge < -0.3 is 14.1 Å². The van der Waals surface area contributed by atoms with Gasteiger partial charge in [-0.05, 0) is 94.0 Å². The van der Waals surface area contributed by atoms with Crippen molar-refractivity contribution in [1.82, 2.24) is 4.90 Å². The van der Waals surface area contributed by atoms with Gasteiger partial charge in [-0.1, -0.05) is 18.2 Å². The van der Waals surface area contributed by atoms with Crippen LogP contribution >= 0.6 is 0 Å². The zero-order valence-corrected chi connectivity index (χ0v) is 19.4. The van der Waals surface area contributed by atoms with Crippen molar-refractivity contribution in [3.63, 3.8) is 0 Å². The van der Waals surface area contributed by atoms with Gasteiger partial charge in [0.1, 0.15) is 23.7 Å². The number of ketones is 1. The van der Waals surface area contributed by atoms with Crippen LogP contribution < -0.4 is 4.74 Å². The molecule has 164 valence electrons. The second-order valence-corrected chi connectivity index (χ2v) is 8.54. The van der Waals surface area contributed by atoms with Gasteiger partial charge in [0.25, 0.3) is 0 Å². The number of benzene rings is 3. The summed E-state index contributed by atoms with van der Waals surface area (Å²) in [6.07, 6.45) is 0. The molecule has 4 aromatic rings. The normalized spacial score (nSPS) is 11.3. The molecule has 0 fully saturated rings. The molecule has 0 saturated heterocycles. The van der Waals surface area contributed by atoms with E-state index in [9.17, 15) is 4.79 Å². The second-order valence-electron chi connectivity index (χ2n) is 8.54. The van der Waals surface area contributed by atoms with Crippen molar-refractivity contribution in [3.8, 4) is 17.1 Å². The molecule has 0 aliphatic heterocycles. The molecular weight excluding hydrogens is 398 g/mol. The summed E-state index contributed by atoms with van der Waals surface area (Å²) in [7, 11) is 4.03. The van der Waals surface area contributed by atoms with Crippen LogP contribution in [-0.4, -0.2) is 37.9 Å². The summed E-state index contributed by atoms with van der Waals surface area (Å²) in [5.41, 5.74) is 6.28. The quantitative estimate of drug-likeness (QED) is 0.330. The Bertz CT molecular complexity index is 1240. The summed E-state index contributed by atoms with van der Waals surface area (Å²) in [6, 6.07) is 19.4. The van der Waals surface area contributed by atoms with E-state index >= 15 is 0 Å². The highest BCUT2D eigenvalue weighted by molar-refractivity contribution is 6.19. The number of rotatable bonds is 7. The van der Waals surface area contributed by atoms with Gasteiger partial charge >= 0.3 is 0 Å². The molecule has 3 aromatic carbocycles. The van der Waals surface area contributed by atoms with E-state index in [2.05, 4.69) is 11.8 Å². The molecule has 4 heteroatoms. The molecule has 0 spiro atoms. The Morgan fingerprint density at radius 3 is 2.25 bits per heavy atom. The van der Waals surface area contributed by atoms with Gasteiger partial charge in [0.2, 0.25) is 0 Å². The maximum Gasteiger partial charge on any atom is 0.197 e. The second kappa shape index (κ2) is 9.01. The molecular formula is C28H29NO3. The third-order valence-electron chi connectivity index (χ3n) is 5.94. The molecule has 0 bridgehead atoms. The zero-order valence-electron chi connectivity index (χ0n) is 19.4. The number of furan rings is 1. The molecule has 0 N–H and O–H groups in total. The highest BCUT2D eigenvalue weighted by atomic mass is 16.5. The van der Waals surface area contributed by atoms with Crippen LogP contribution in [0.3, 0.4) is 0 Å². The smallest absolute Gasteiger partial charge is 0.197 e. The minimum Gasteiger partial charge on any atom is -0.492 e. The first-order chi connectivity index (χ1) is 15.3. The molecule has 0 aliphatic carbocycles. The summed E-state index contributed by atoms with van der Waals surface area (Å²) < 4.78 is 12.0. The monoisotopic (exact) mass is 427 g/mol. The van der Waals surface area contributed by atoms with Gasteiger partial charge in [0.15, 0.2) is 5.78 Å². The van der Waals surface area contributed by atoms with Gasteiger partial charge in [-0.3, -0.25) is 4.79 Å². The number of ether oxygens (including phenoxy) is 1. The van der Waals surface area contributed by atoms with E-state index in [1.807, 2.05) is 88.6 Å². The molecule has 0 amide bonds. The van der Waals surface area contributed by atoms with Crippen molar-refractivity contribution in [2.24, 2.45) is 0 Å². The van der Waals surface area contributed by atoms with Crippen LogP contribution in [0.1, 0.15) is 32.6 Å². The SMILES string of the molecule is Cc1cc(C(=O)c2c(-c3ccc(OCCN(C)C)cc3)oc3ccccc23)cc(C)c1C. The van der Waals surface area contributed by atoms with E-state index in [0.29, 0.717) is 29.1 Å². The van der Waals surface area contributed by atoms with Crippen molar-refractivity contribution < 1.29 is 13.9 Å². The molecule has 0 saturated carbocycles. The standard InChI is InChI=1S/C28H29NO3/c1-18-16-22(17-19(2)20(18)3)27(30)26-24-8-6-7-9-25(24)32-28(26)21-10-12-23(13-11-21)31-15-14-29(4)5/h6-13,16-17H,14-15H2,1-5H3. The summed E-state index contributed by atoms with van der Waals surface area (Å²) >= 11 is 0. The highest BCUT2D eigenvalue weighted by Crippen LogP contribution is 2.36. The number of para-hydroxylation sites is 1. The Balaban J connectivity index is 1.75. The number of carbonyl (C=O) groups is 1. The largest absolute Gasteiger partial charge is 0.492 e. The van der Waals surface area contributed by atoms with Crippen LogP contribution in [-0.2, 0) is 0 Å². The fourth-order valence-corrected chi connectivity index (χ4v) is 3.83. The molecule has 1 heterocycles. The van der Waals surface area contributed by atoms with Crippen molar-refractivity contribution in [2.75, 3.05) is 27.2 Å². The summed E-state index contributed by atoms with van der Waals surface area (Å²) in [6.45, 7) is 7.64. The topological polar surface area (TPSA) is 42.7 Å². The van der Waals surface area contributed by atoms with Gasteiger partial charge in [-0.15, -0.1) is 0 Å². The van der Waals surface area contributed by atoms with E-state index < -0.39 is 0 Å². The average Bonchev–Trinajstić information content (AvgIpc) is 3.16. The van der Waals surface area contributed by atoms with Crippen molar-refractivity contribution in [3.05, 3.63) is 88.5 Å². The molecule has 4 nitrogen and oxygen atoms in total. The Hall–Kier alpha value is -3.37. The lowest BCUT2D eigenvalue weighted by atomic mass is 9.93. The Morgan fingerprint density at radius 1 is 0.938 bits per heavy atom. The summed E-state index contributed by atoms with van der Waals surface area (Å²) in [5.74, 6) is 1.36. The van der Waals surface area contributed by atoms with Gasteiger partial charge in [0.05, 0.1) is 5.56 Å². The van der Waals surface area contributed by atoms with Crippen molar-refractivity contribution in [2.45, 2.75) is 20.8 Å². The summed E-state index contributed by atoms with van der Waals surface area (Å²) in [4.78, 5) is 15.8. The number of hydrogen-bond acceptors (Lipinski definition) is 4. The Kier molecular flexibility index (Phi) is 6.15.